The second kappa shape index (κ2) is 4.61. The number of hydrogen-bond acceptors (Lipinski definition) is 7. The second-order valence-electron chi connectivity index (χ2n) is 5.35. The molecule has 0 amide bonds. The predicted molar refractivity (Wildman–Crippen MR) is 71.7 cm³/mol. The molecule has 0 saturated heterocycles. The van der Waals surface area contributed by atoms with Crippen molar-refractivity contribution in [2.24, 2.45) is 11.8 Å². The van der Waals surface area contributed by atoms with Crippen LogP contribution >= 0.6 is 0 Å². The van der Waals surface area contributed by atoms with Gasteiger partial charge in [-0.05, 0) is 39.5 Å². The first-order valence-corrected chi connectivity index (χ1v) is 6.13. The highest BCUT2D eigenvalue weighted by atomic mass is 16.6. The Bertz CT molecular complexity index is 512. The van der Waals surface area contributed by atoms with E-state index < -0.39 is 4.92 Å². The van der Waals surface area contributed by atoms with Gasteiger partial charge in [0.05, 0.1) is 4.92 Å². The maximum absolute atomic E-state index is 11.1. The molecule has 0 atom stereocenters. The van der Waals surface area contributed by atoms with Crippen molar-refractivity contribution in [3.8, 4) is 0 Å². The molecule has 1 heterocycles. The first-order valence-electron chi connectivity index (χ1n) is 6.13. The van der Waals surface area contributed by atoms with Crippen molar-refractivity contribution in [2.75, 3.05) is 10.7 Å². The molecular formula is C11H18N6O2. The van der Waals surface area contributed by atoms with Gasteiger partial charge in [-0.3, -0.25) is 15.5 Å². The Labute approximate surface area is 110 Å². The Kier molecular flexibility index (Phi) is 3.27. The summed E-state index contributed by atoms with van der Waals surface area (Å²) in [6.07, 6.45) is 2.25. The molecule has 1 aliphatic rings. The van der Waals surface area contributed by atoms with Crippen molar-refractivity contribution in [1.29, 1.82) is 0 Å². The van der Waals surface area contributed by atoms with Crippen LogP contribution in [0.2, 0.25) is 0 Å². The van der Waals surface area contributed by atoms with Gasteiger partial charge in [-0.1, -0.05) is 0 Å². The maximum Gasteiger partial charge on any atom is 0.332 e. The van der Waals surface area contributed by atoms with Crippen molar-refractivity contribution >= 4 is 17.5 Å². The summed E-state index contributed by atoms with van der Waals surface area (Å²) in [6, 6.07) is 0. The topological polar surface area (TPSA) is 119 Å². The zero-order valence-corrected chi connectivity index (χ0v) is 11.2. The fourth-order valence-corrected chi connectivity index (χ4v) is 2.15. The quantitative estimate of drug-likeness (QED) is 0.420. The van der Waals surface area contributed by atoms with Gasteiger partial charge in [-0.15, -0.1) is 0 Å². The van der Waals surface area contributed by atoms with Crippen molar-refractivity contribution in [3.63, 3.8) is 0 Å². The van der Waals surface area contributed by atoms with Gasteiger partial charge in [0.2, 0.25) is 11.8 Å². The first-order chi connectivity index (χ1) is 8.85. The zero-order valence-electron chi connectivity index (χ0n) is 11.2. The molecular weight excluding hydrogens is 248 g/mol. The molecule has 8 nitrogen and oxygen atoms in total. The third-order valence-electron chi connectivity index (χ3n) is 3.41. The molecule has 4 N–H and O–H groups in total. The average molecular weight is 266 g/mol. The maximum atomic E-state index is 11.1. The molecule has 0 bridgehead atoms. The minimum absolute atomic E-state index is 0.104. The number of aryl methyl sites for hydroxylation is 1. The third kappa shape index (κ3) is 2.73. The van der Waals surface area contributed by atoms with Crippen LogP contribution in [0.1, 0.15) is 32.4 Å². The molecule has 0 radical (unpaired) electrons. The summed E-state index contributed by atoms with van der Waals surface area (Å²) in [6.45, 7) is 5.60. The molecule has 1 aliphatic carbocycles. The number of nitrogen functional groups attached to an aromatic ring is 1. The Hall–Kier alpha value is -1.96. The largest absolute Gasteiger partial charge is 0.359 e. The lowest BCUT2D eigenvalue weighted by Gasteiger charge is -2.26. The van der Waals surface area contributed by atoms with Crippen LogP contribution in [0.25, 0.3) is 0 Å². The van der Waals surface area contributed by atoms with Crippen molar-refractivity contribution < 1.29 is 4.92 Å². The van der Waals surface area contributed by atoms with E-state index in [0.717, 1.165) is 12.8 Å². The Morgan fingerprint density at radius 2 is 2.05 bits per heavy atom. The summed E-state index contributed by atoms with van der Waals surface area (Å²) >= 11 is 0. The van der Waals surface area contributed by atoms with Crippen molar-refractivity contribution in [1.82, 2.24) is 9.97 Å². The van der Waals surface area contributed by atoms with Gasteiger partial charge in [-0.25, -0.2) is 10.8 Å². The van der Waals surface area contributed by atoms with Crippen LogP contribution in [0.4, 0.5) is 17.5 Å². The van der Waals surface area contributed by atoms with Gasteiger partial charge in [-0.2, -0.15) is 4.98 Å². The van der Waals surface area contributed by atoms with Crippen LogP contribution in [0, 0.1) is 23.0 Å². The van der Waals surface area contributed by atoms with Gasteiger partial charge in [0.25, 0.3) is 0 Å². The molecule has 0 aromatic carbocycles. The van der Waals surface area contributed by atoms with E-state index in [9.17, 15) is 10.1 Å². The molecule has 104 valence electrons. The summed E-state index contributed by atoms with van der Waals surface area (Å²) in [4.78, 5) is 18.7. The first kappa shape index (κ1) is 13.5. The lowest BCUT2D eigenvalue weighted by Crippen LogP contribution is -2.34. The molecule has 0 aliphatic heterocycles. The molecule has 0 spiro atoms. The highest BCUT2D eigenvalue weighted by molar-refractivity contribution is 5.61. The Morgan fingerprint density at radius 1 is 1.42 bits per heavy atom. The monoisotopic (exact) mass is 266 g/mol. The van der Waals surface area contributed by atoms with E-state index in [2.05, 4.69) is 20.7 Å². The smallest absolute Gasteiger partial charge is 0.332 e. The fourth-order valence-electron chi connectivity index (χ4n) is 2.15. The van der Waals surface area contributed by atoms with Crippen LogP contribution in [0.5, 0.6) is 0 Å². The number of nitrogens with two attached hydrogens (primary N) is 1. The minimum atomic E-state index is -0.471. The van der Waals surface area contributed by atoms with Gasteiger partial charge < -0.3 is 5.32 Å². The van der Waals surface area contributed by atoms with Crippen LogP contribution < -0.4 is 16.6 Å². The molecule has 19 heavy (non-hydrogen) atoms. The van der Waals surface area contributed by atoms with Gasteiger partial charge in [0, 0.05) is 5.54 Å². The number of rotatable bonds is 5. The average Bonchev–Trinajstić information content (AvgIpc) is 3.10. The van der Waals surface area contributed by atoms with Gasteiger partial charge in [0.1, 0.15) is 5.69 Å². The fraction of sp³-hybridized carbons (Fsp3) is 0.636. The van der Waals surface area contributed by atoms with Gasteiger partial charge in [0.15, 0.2) is 0 Å². The van der Waals surface area contributed by atoms with Crippen LogP contribution in [-0.2, 0) is 0 Å². The normalized spacial score (nSPS) is 15.2. The molecule has 0 unspecified atom stereocenters. The number of nitrogens with one attached hydrogen (secondary N) is 2. The molecule has 8 heteroatoms. The van der Waals surface area contributed by atoms with E-state index in [-0.39, 0.29) is 28.7 Å². The lowest BCUT2D eigenvalue weighted by atomic mass is 9.99. The molecule has 1 aromatic rings. The Balaban J connectivity index is 2.41. The SMILES string of the molecule is Cc1nc(NN)nc(NC(C)(C)C2CC2)c1[N+](=O)[O-]. The van der Waals surface area contributed by atoms with Crippen molar-refractivity contribution in [2.45, 2.75) is 39.2 Å². The van der Waals surface area contributed by atoms with Crippen LogP contribution in [0.3, 0.4) is 0 Å². The summed E-state index contributed by atoms with van der Waals surface area (Å²) in [5, 5.41) is 14.3. The summed E-state index contributed by atoms with van der Waals surface area (Å²) in [5.74, 6) is 6.16. The van der Waals surface area contributed by atoms with Gasteiger partial charge >= 0.3 is 5.69 Å². The number of nitrogens with zero attached hydrogens (tertiary/aromatic N) is 3. The number of hydrogen-bond donors (Lipinski definition) is 3. The van der Waals surface area contributed by atoms with E-state index in [1.807, 2.05) is 13.8 Å². The van der Waals surface area contributed by atoms with E-state index >= 15 is 0 Å². The van der Waals surface area contributed by atoms with E-state index in [1.54, 1.807) is 6.92 Å². The predicted octanol–water partition coefficient (Wildman–Crippen LogP) is 1.58. The lowest BCUT2D eigenvalue weighted by molar-refractivity contribution is -0.385. The summed E-state index contributed by atoms with van der Waals surface area (Å²) < 4.78 is 0. The van der Waals surface area contributed by atoms with Crippen molar-refractivity contribution in [3.05, 3.63) is 15.8 Å². The van der Waals surface area contributed by atoms with Crippen LogP contribution in [0.15, 0.2) is 0 Å². The highest BCUT2D eigenvalue weighted by Crippen LogP contribution is 2.42. The number of anilines is 2. The third-order valence-corrected chi connectivity index (χ3v) is 3.41. The minimum Gasteiger partial charge on any atom is -0.359 e. The summed E-state index contributed by atoms with van der Waals surface area (Å²) in [7, 11) is 0. The standard InChI is InChI=1S/C11H18N6O2/c1-6-8(17(18)19)9(14-10(13-6)16-12)15-11(2,3)7-4-5-7/h7H,4-5,12H2,1-3H3,(H2,13,14,15,16). The van der Waals surface area contributed by atoms with Crippen LogP contribution in [-0.4, -0.2) is 20.4 Å². The molecule has 2 rings (SSSR count). The summed E-state index contributed by atoms with van der Waals surface area (Å²) in [5.41, 5.74) is 2.26. The number of nitro groups is 1. The Morgan fingerprint density at radius 3 is 2.53 bits per heavy atom. The zero-order chi connectivity index (χ0) is 14.2. The second-order valence-corrected chi connectivity index (χ2v) is 5.35. The number of hydrazine groups is 1. The van der Waals surface area contributed by atoms with E-state index in [4.69, 9.17) is 5.84 Å². The van der Waals surface area contributed by atoms with E-state index in [1.165, 1.54) is 0 Å². The molecule has 1 aromatic heterocycles. The number of aromatic nitrogens is 2. The molecule has 1 fully saturated rings. The highest BCUT2D eigenvalue weighted by Gasteiger charge is 2.39. The van der Waals surface area contributed by atoms with E-state index in [0.29, 0.717) is 5.92 Å². The molecule has 1 saturated carbocycles.